The van der Waals surface area contributed by atoms with E-state index in [9.17, 15) is 17.6 Å². The lowest BCUT2D eigenvalue weighted by molar-refractivity contribution is -0.157. The molecule has 0 radical (unpaired) electrons. The molecule has 4 atom stereocenters. The molecule has 172 valence electrons. The van der Waals surface area contributed by atoms with E-state index in [1.54, 1.807) is 42.5 Å². The quantitative estimate of drug-likeness (QED) is 0.684. The zero-order valence-electron chi connectivity index (χ0n) is 17.7. The van der Waals surface area contributed by atoms with Gasteiger partial charge in [0.25, 0.3) is 5.91 Å². The Balaban J connectivity index is 1.67. The van der Waals surface area contributed by atoms with Crippen molar-refractivity contribution in [1.29, 1.82) is 0 Å². The second-order valence-electron chi connectivity index (χ2n) is 8.12. The average Bonchev–Trinajstić information content (AvgIpc) is 3.04. The summed E-state index contributed by atoms with van der Waals surface area (Å²) in [6.45, 7) is 1.64. The number of hydrogen-bond donors (Lipinski definition) is 1. The molecule has 0 unspecified atom stereocenters. The minimum absolute atomic E-state index is 0.0255. The number of hydrogen-bond acceptors (Lipinski definition) is 4. The molecule has 0 saturated carbocycles. The van der Waals surface area contributed by atoms with E-state index in [0.717, 1.165) is 0 Å². The molecule has 2 aliphatic heterocycles. The van der Waals surface area contributed by atoms with Crippen LogP contribution >= 0.6 is 0 Å². The van der Waals surface area contributed by atoms with E-state index >= 15 is 4.39 Å². The highest BCUT2D eigenvalue weighted by molar-refractivity contribution is 7.89. The fourth-order valence-electron chi connectivity index (χ4n) is 4.22. The maximum atomic E-state index is 15.4. The van der Waals surface area contributed by atoms with Gasteiger partial charge in [-0.3, -0.25) is 4.79 Å². The Morgan fingerprint density at radius 3 is 2.53 bits per heavy atom. The van der Waals surface area contributed by atoms with Gasteiger partial charge < -0.3 is 9.64 Å². The first-order chi connectivity index (χ1) is 15.3. The standard InChI is InChI=1S/C23H26F2N2O4S/c1-2-32(29,30)26-22-18(24)14-27(23(28)20-11-12-31-20)19(22)13-16-9-6-10-17(21(16)25)15-7-4-3-5-8-15/h3-10,18-20,22,26H,2,11-14H2,1H3/t18-,19-,20-,22-/m0/s1. The first kappa shape index (κ1) is 22.8. The van der Waals surface area contributed by atoms with E-state index in [2.05, 4.69) is 4.72 Å². The van der Waals surface area contributed by atoms with Gasteiger partial charge in [0, 0.05) is 12.0 Å². The molecule has 2 aliphatic rings. The molecule has 2 aromatic carbocycles. The van der Waals surface area contributed by atoms with E-state index < -0.39 is 40.2 Å². The average molecular weight is 465 g/mol. The van der Waals surface area contributed by atoms with Gasteiger partial charge in [-0.2, -0.15) is 0 Å². The minimum atomic E-state index is -3.74. The lowest BCUT2D eigenvalue weighted by Gasteiger charge is -2.34. The van der Waals surface area contributed by atoms with Gasteiger partial charge in [-0.15, -0.1) is 0 Å². The molecule has 1 N–H and O–H groups in total. The Morgan fingerprint density at radius 1 is 1.19 bits per heavy atom. The predicted octanol–water partition coefficient (Wildman–Crippen LogP) is 2.68. The number of rotatable bonds is 7. The van der Waals surface area contributed by atoms with Gasteiger partial charge in [0.2, 0.25) is 10.0 Å². The fourth-order valence-corrected chi connectivity index (χ4v) is 5.11. The van der Waals surface area contributed by atoms with Gasteiger partial charge in [0.1, 0.15) is 18.1 Å². The number of benzene rings is 2. The number of nitrogens with zero attached hydrogens (tertiary/aromatic N) is 1. The van der Waals surface area contributed by atoms with Crippen LogP contribution in [0.2, 0.25) is 0 Å². The highest BCUT2D eigenvalue weighted by Crippen LogP contribution is 2.31. The zero-order valence-corrected chi connectivity index (χ0v) is 18.5. The lowest BCUT2D eigenvalue weighted by atomic mass is 9.95. The van der Waals surface area contributed by atoms with E-state index in [1.165, 1.54) is 11.8 Å². The summed E-state index contributed by atoms with van der Waals surface area (Å²) >= 11 is 0. The fraction of sp³-hybridized carbons (Fsp3) is 0.435. The molecule has 2 saturated heterocycles. The third-order valence-corrected chi connectivity index (χ3v) is 7.51. The molecule has 4 rings (SSSR count). The van der Waals surface area contributed by atoms with Crippen LogP contribution in [0.15, 0.2) is 48.5 Å². The number of ether oxygens (including phenoxy) is 1. The van der Waals surface area contributed by atoms with Crippen LogP contribution in [0.25, 0.3) is 11.1 Å². The monoisotopic (exact) mass is 464 g/mol. The molecule has 2 heterocycles. The zero-order chi connectivity index (χ0) is 22.9. The van der Waals surface area contributed by atoms with Crippen molar-refractivity contribution in [1.82, 2.24) is 9.62 Å². The van der Waals surface area contributed by atoms with Gasteiger partial charge >= 0.3 is 0 Å². The highest BCUT2D eigenvalue weighted by Gasteiger charge is 2.48. The Bertz CT molecular complexity index is 1080. The Kier molecular flexibility index (Phi) is 6.60. The van der Waals surface area contributed by atoms with Crippen molar-refractivity contribution in [3.05, 3.63) is 59.9 Å². The summed E-state index contributed by atoms with van der Waals surface area (Å²) in [5.41, 5.74) is 1.38. The van der Waals surface area contributed by atoms with Crippen molar-refractivity contribution >= 4 is 15.9 Å². The number of carbonyl (C=O) groups excluding carboxylic acids is 1. The molecule has 6 nitrogen and oxygen atoms in total. The maximum Gasteiger partial charge on any atom is 0.252 e. The third-order valence-electron chi connectivity index (χ3n) is 6.12. The smallest absolute Gasteiger partial charge is 0.252 e. The molecule has 9 heteroatoms. The molecule has 0 bridgehead atoms. The minimum Gasteiger partial charge on any atom is -0.368 e. The van der Waals surface area contributed by atoms with E-state index in [4.69, 9.17) is 4.74 Å². The first-order valence-corrected chi connectivity index (χ1v) is 12.3. The van der Waals surface area contributed by atoms with Crippen LogP contribution in [0.3, 0.4) is 0 Å². The van der Waals surface area contributed by atoms with Gasteiger partial charge in [0.05, 0.1) is 31.0 Å². The van der Waals surface area contributed by atoms with Crippen molar-refractivity contribution in [3.63, 3.8) is 0 Å². The van der Waals surface area contributed by atoms with Crippen molar-refractivity contribution in [2.24, 2.45) is 0 Å². The molecule has 0 aliphatic carbocycles. The largest absolute Gasteiger partial charge is 0.368 e. The Hall–Kier alpha value is -2.36. The highest BCUT2D eigenvalue weighted by atomic mass is 32.2. The SMILES string of the molecule is CCS(=O)(=O)N[C@H]1[C@@H](F)CN(C(=O)[C@@H]2CCO2)[C@H]1Cc1cccc(-c2ccccc2)c1F. The molecular formula is C23H26F2N2O4S. The number of carbonyl (C=O) groups is 1. The summed E-state index contributed by atoms with van der Waals surface area (Å²) in [4.78, 5) is 14.2. The van der Waals surface area contributed by atoms with Crippen LogP contribution in [0.5, 0.6) is 0 Å². The normalized spacial score (nSPS) is 25.5. The topological polar surface area (TPSA) is 75.7 Å². The van der Waals surface area contributed by atoms with Gasteiger partial charge in [-0.25, -0.2) is 21.9 Å². The number of nitrogens with one attached hydrogen (secondary N) is 1. The van der Waals surface area contributed by atoms with Crippen LogP contribution < -0.4 is 4.72 Å². The predicted molar refractivity (Wildman–Crippen MR) is 117 cm³/mol. The number of halogens is 2. The van der Waals surface area contributed by atoms with E-state index in [-0.39, 0.29) is 24.6 Å². The molecule has 32 heavy (non-hydrogen) atoms. The van der Waals surface area contributed by atoms with Crippen LogP contribution in [-0.2, 0) is 26.0 Å². The number of alkyl halides is 1. The maximum absolute atomic E-state index is 15.4. The Labute approximate surface area is 186 Å². The van der Waals surface area contributed by atoms with Gasteiger partial charge in [-0.1, -0.05) is 48.5 Å². The van der Waals surface area contributed by atoms with Crippen molar-refractivity contribution < 1.29 is 26.7 Å². The third kappa shape index (κ3) is 4.55. The molecule has 0 spiro atoms. The summed E-state index contributed by atoms with van der Waals surface area (Å²) < 4.78 is 62.5. The molecule has 0 aromatic heterocycles. The molecule has 1 amide bonds. The number of likely N-dealkylation sites (tertiary alicyclic amines) is 1. The van der Waals surface area contributed by atoms with E-state index in [0.29, 0.717) is 29.7 Å². The van der Waals surface area contributed by atoms with Crippen LogP contribution in [0.4, 0.5) is 8.78 Å². The van der Waals surface area contributed by atoms with Crippen LogP contribution in [0.1, 0.15) is 18.9 Å². The number of sulfonamides is 1. The summed E-state index contributed by atoms with van der Waals surface area (Å²) in [6.07, 6.45) is -1.76. The van der Waals surface area contributed by atoms with Crippen molar-refractivity contribution in [2.75, 3.05) is 18.9 Å². The van der Waals surface area contributed by atoms with Crippen molar-refractivity contribution in [3.8, 4) is 11.1 Å². The van der Waals surface area contributed by atoms with Gasteiger partial charge in [-0.05, 0) is 24.5 Å². The summed E-state index contributed by atoms with van der Waals surface area (Å²) in [6, 6.07) is 11.9. The van der Waals surface area contributed by atoms with E-state index in [1.807, 2.05) is 6.07 Å². The van der Waals surface area contributed by atoms with Crippen LogP contribution in [0, 0.1) is 5.82 Å². The molecule has 2 aromatic rings. The molecular weight excluding hydrogens is 438 g/mol. The van der Waals surface area contributed by atoms with Crippen molar-refractivity contribution in [2.45, 2.75) is 44.1 Å². The van der Waals surface area contributed by atoms with Gasteiger partial charge in [0.15, 0.2) is 0 Å². The van der Waals surface area contributed by atoms with Crippen LogP contribution in [-0.4, -0.2) is 62.5 Å². The second-order valence-corrected chi connectivity index (χ2v) is 10.2. The first-order valence-electron chi connectivity index (χ1n) is 10.7. The molecule has 2 fully saturated rings. The number of amides is 1. The summed E-state index contributed by atoms with van der Waals surface area (Å²) in [5, 5.41) is 0. The second kappa shape index (κ2) is 9.25. The summed E-state index contributed by atoms with van der Waals surface area (Å²) in [5.74, 6) is -1.08. The lowest BCUT2D eigenvalue weighted by Crippen LogP contribution is -2.53. The summed E-state index contributed by atoms with van der Waals surface area (Å²) in [7, 11) is -3.74. The Morgan fingerprint density at radius 2 is 1.91 bits per heavy atom.